The average molecular weight is 795 g/mol. The van der Waals surface area contributed by atoms with E-state index in [1.165, 1.54) is 37.7 Å². The molecule has 0 spiro atoms. The number of nitrogens with one attached hydrogen (secondary N) is 2. The molecule has 2 aromatic heterocycles. The maximum atomic E-state index is 13.8. The number of pyridine rings is 1. The van der Waals surface area contributed by atoms with E-state index in [0.29, 0.717) is 30.8 Å². The van der Waals surface area contributed by atoms with Gasteiger partial charge in [-0.25, -0.2) is 4.98 Å². The molecule has 1 saturated heterocycles. The summed E-state index contributed by atoms with van der Waals surface area (Å²) in [7, 11) is 2.88. The molecule has 5 aliphatic rings. The highest BCUT2D eigenvalue weighted by Gasteiger charge is 2.53. The SMILES string of the molecule is COC(=O)C[C@H](C(=O)N1CCC[C@H]1c1ncc(-c2ccc(-c3ccc(C4=CN=C(C5C6CCC(C6)[C@@H]5C(=O)NCc5cccnc5C5CC5)C4)cc3)cc2)[nH]1)[C@@H](C)OC. The standard InChI is InChI=1S/C48H54N6O5/c1-28(58-2)38(24-42(55)59-3)48(57)54-21-5-7-41(54)46-51-27-40(53-46)32-14-12-30(13-15-32)29-8-10-31(11-9-29)37-23-39(50-26-37)43-34-18-19-35(22-34)44(43)47(56)52-25-36-6-4-20-49-45(36)33-16-17-33/h4,6,8-15,20,26-28,33-35,38,41,43-44H,5,7,16-19,21-25H2,1-3H3,(H,51,53)(H,52,56)/t28-,34?,35?,38+,41+,43?,44+/m1/s1. The minimum Gasteiger partial charge on any atom is -0.469 e. The summed E-state index contributed by atoms with van der Waals surface area (Å²) in [6.07, 6.45) is 13.5. The number of hydrogen-bond acceptors (Lipinski definition) is 8. The molecule has 2 aromatic carbocycles. The Balaban J connectivity index is 0.819. The summed E-state index contributed by atoms with van der Waals surface area (Å²) < 4.78 is 10.3. The number of amides is 2. The first-order valence-electron chi connectivity index (χ1n) is 21.4. The van der Waals surface area contributed by atoms with Crippen LogP contribution in [0.3, 0.4) is 0 Å². The largest absolute Gasteiger partial charge is 0.469 e. The fraction of sp³-hybridized carbons (Fsp3) is 0.458. The van der Waals surface area contributed by atoms with Crippen molar-refractivity contribution in [3.63, 3.8) is 0 Å². The van der Waals surface area contributed by atoms with Crippen LogP contribution in [-0.4, -0.2) is 70.2 Å². The summed E-state index contributed by atoms with van der Waals surface area (Å²) in [5.41, 5.74) is 9.97. The molecule has 3 unspecified atom stereocenters. The van der Waals surface area contributed by atoms with Crippen molar-refractivity contribution in [1.29, 1.82) is 0 Å². The molecule has 11 heteroatoms. The van der Waals surface area contributed by atoms with E-state index in [1.54, 1.807) is 7.11 Å². The predicted octanol–water partition coefficient (Wildman–Crippen LogP) is 8.06. The number of imidazole rings is 1. The van der Waals surface area contributed by atoms with Gasteiger partial charge in [0.05, 0.1) is 43.5 Å². The van der Waals surface area contributed by atoms with Crippen molar-refractivity contribution in [1.82, 2.24) is 25.2 Å². The number of aromatic nitrogens is 3. The van der Waals surface area contributed by atoms with E-state index in [1.807, 2.05) is 36.5 Å². The predicted molar refractivity (Wildman–Crippen MR) is 226 cm³/mol. The summed E-state index contributed by atoms with van der Waals surface area (Å²) in [5.74, 6) is 1.45. The van der Waals surface area contributed by atoms with Crippen LogP contribution in [0, 0.1) is 29.6 Å². The van der Waals surface area contributed by atoms with E-state index in [2.05, 4.69) is 69.9 Å². The molecular weight excluding hydrogens is 741 g/mol. The lowest BCUT2D eigenvalue weighted by Gasteiger charge is -2.30. The molecule has 2 aliphatic heterocycles. The highest BCUT2D eigenvalue weighted by atomic mass is 16.5. The summed E-state index contributed by atoms with van der Waals surface area (Å²) in [5, 5.41) is 3.33. The second-order valence-corrected chi connectivity index (χ2v) is 17.2. The fourth-order valence-electron chi connectivity index (χ4n) is 10.4. The number of benzene rings is 2. The molecule has 4 heterocycles. The molecule has 2 N–H and O–H groups in total. The number of ether oxygens (including phenoxy) is 2. The number of aromatic amines is 1. The van der Waals surface area contributed by atoms with Gasteiger partial charge < -0.3 is 24.7 Å². The van der Waals surface area contributed by atoms with Crippen molar-refractivity contribution in [2.24, 2.45) is 34.6 Å². The zero-order chi connectivity index (χ0) is 40.6. The monoisotopic (exact) mass is 794 g/mol. The molecular formula is C48H54N6O5. The third kappa shape index (κ3) is 7.89. The van der Waals surface area contributed by atoms with Gasteiger partial charge in [-0.2, -0.15) is 0 Å². The van der Waals surface area contributed by atoms with Crippen LogP contribution < -0.4 is 5.32 Å². The number of carbonyl (C=O) groups excluding carboxylic acids is 3. The number of likely N-dealkylation sites (tertiary alicyclic amines) is 1. The first-order valence-corrected chi connectivity index (χ1v) is 21.4. The number of H-pyrrole nitrogens is 1. The van der Waals surface area contributed by atoms with Crippen molar-refractivity contribution in [2.75, 3.05) is 20.8 Å². The van der Waals surface area contributed by atoms with Gasteiger partial charge in [0.2, 0.25) is 11.8 Å². The Bertz CT molecular complexity index is 2260. The lowest BCUT2D eigenvalue weighted by Crippen LogP contribution is -2.41. The van der Waals surface area contributed by atoms with Gasteiger partial charge in [-0.3, -0.25) is 24.4 Å². The van der Waals surface area contributed by atoms with Crippen molar-refractivity contribution in [3.8, 4) is 22.4 Å². The highest BCUT2D eigenvalue weighted by Crippen LogP contribution is 2.54. The molecule has 306 valence electrons. The second kappa shape index (κ2) is 16.7. The van der Waals surface area contributed by atoms with Crippen molar-refractivity contribution in [3.05, 3.63) is 102 Å². The molecule has 11 nitrogen and oxygen atoms in total. The highest BCUT2D eigenvalue weighted by molar-refractivity contribution is 6.02. The number of fused-ring (bicyclic) bond motifs is 2. The number of carbonyl (C=O) groups is 3. The Kier molecular flexibility index (Phi) is 11.0. The maximum Gasteiger partial charge on any atom is 0.306 e. The summed E-state index contributed by atoms with van der Waals surface area (Å²) in [6, 6.07) is 21.0. The van der Waals surface area contributed by atoms with Crippen LogP contribution >= 0.6 is 0 Å². The number of hydrogen-bond donors (Lipinski definition) is 2. The zero-order valence-electron chi connectivity index (χ0n) is 34.2. The number of nitrogens with zero attached hydrogens (tertiary/aromatic N) is 4. The van der Waals surface area contributed by atoms with E-state index in [9.17, 15) is 14.4 Å². The smallest absolute Gasteiger partial charge is 0.306 e. The first-order chi connectivity index (χ1) is 28.8. The number of aliphatic imine (C=N–C) groups is 1. The molecule has 59 heavy (non-hydrogen) atoms. The minimum atomic E-state index is -0.631. The lowest BCUT2D eigenvalue weighted by atomic mass is 9.75. The van der Waals surface area contributed by atoms with Crippen LogP contribution in [0.4, 0.5) is 0 Å². The molecule has 3 aliphatic carbocycles. The van der Waals surface area contributed by atoms with Crippen LogP contribution in [0.1, 0.15) is 99.3 Å². The lowest BCUT2D eigenvalue weighted by molar-refractivity contribution is -0.151. The molecule has 4 fully saturated rings. The van der Waals surface area contributed by atoms with Gasteiger partial charge in [-0.15, -0.1) is 0 Å². The van der Waals surface area contributed by atoms with Gasteiger partial charge in [-0.05, 0) is 103 Å². The van der Waals surface area contributed by atoms with Gasteiger partial charge in [0.15, 0.2) is 0 Å². The van der Waals surface area contributed by atoms with E-state index < -0.39 is 18.0 Å². The molecule has 9 rings (SSSR count). The second-order valence-electron chi connectivity index (χ2n) is 17.2. The van der Waals surface area contributed by atoms with Gasteiger partial charge in [-0.1, -0.05) is 54.6 Å². The Morgan fingerprint density at radius 3 is 2.36 bits per heavy atom. The van der Waals surface area contributed by atoms with Crippen molar-refractivity contribution >= 4 is 29.1 Å². The topological polar surface area (TPSA) is 139 Å². The van der Waals surface area contributed by atoms with Crippen LogP contribution in [0.25, 0.3) is 28.0 Å². The molecule has 2 bridgehead atoms. The van der Waals surface area contributed by atoms with Crippen LogP contribution in [-0.2, 0) is 30.4 Å². The zero-order valence-corrected chi connectivity index (χ0v) is 34.2. The average Bonchev–Trinajstić information content (AvgIpc) is 3.85. The molecule has 3 saturated carbocycles. The minimum absolute atomic E-state index is 0.0105. The van der Waals surface area contributed by atoms with E-state index >= 15 is 0 Å². The normalized spacial score (nSPS) is 24.5. The van der Waals surface area contributed by atoms with Crippen molar-refractivity contribution < 1.29 is 23.9 Å². The third-order valence-corrected chi connectivity index (χ3v) is 13.8. The first kappa shape index (κ1) is 39.1. The van der Waals surface area contributed by atoms with Crippen LogP contribution in [0.15, 0.2) is 84.2 Å². The van der Waals surface area contributed by atoms with Gasteiger partial charge in [0.1, 0.15) is 5.82 Å². The van der Waals surface area contributed by atoms with Crippen LogP contribution in [0.2, 0.25) is 0 Å². The maximum absolute atomic E-state index is 13.8. The fourth-order valence-corrected chi connectivity index (χ4v) is 10.4. The molecule has 0 radical (unpaired) electrons. The molecule has 7 atom stereocenters. The Labute approximate surface area is 346 Å². The number of esters is 1. The number of methoxy groups -OCH3 is 2. The molecule has 2 amide bonds. The van der Waals surface area contributed by atoms with E-state index in [0.717, 1.165) is 77.1 Å². The Morgan fingerprint density at radius 1 is 0.898 bits per heavy atom. The Hall–Kier alpha value is -5.42. The van der Waals surface area contributed by atoms with Gasteiger partial charge in [0.25, 0.3) is 0 Å². The summed E-state index contributed by atoms with van der Waals surface area (Å²) >= 11 is 0. The quantitative estimate of drug-likeness (QED) is 0.123. The van der Waals surface area contributed by atoms with Crippen LogP contribution in [0.5, 0.6) is 0 Å². The summed E-state index contributed by atoms with van der Waals surface area (Å²) in [6.45, 7) is 2.96. The van der Waals surface area contributed by atoms with Crippen molar-refractivity contribution in [2.45, 2.75) is 89.3 Å². The summed E-state index contributed by atoms with van der Waals surface area (Å²) in [4.78, 5) is 59.3. The Morgan fingerprint density at radius 2 is 1.63 bits per heavy atom. The third-order valence-electron chi connectivity index (χ3n) is 13.8. The van der Waals surface area contributed by atoms with Gasteiger partial charge in [0, 0.05) is 68.2 Å². The van der Waals surface area contributed by atoms with Gasteiger partial charge >= 0.3 is 5.97 Å². The number of rotatable bonds is 14. The molecule has 4 aromatic rings. The van der Waals surface area contributed by atoms with E-state index in [4.69, 9.17) is 19.5 Å². The number of allylic oxidation sites excluding steroid dienone is 1. The van der Waals surface area contributed by atoms with E-state index in [-0.39, 0.29) is 36.1 Å².